The van der Waals surface area contributed by atoms with E-state index in [0.717, 1.165) is 6.07 Å². The first kappa shape index (κ1) is 7.21. The lowest BCUT2D eigenvalue weighted by molar-refractivity contribution is 0.611. The van der Waals surface area contributed by atoms with Crippen LogP contribution < -0.4 is 0 Å². The van der Waals surface area contributed by atoms with Crippen molar-refractivity contribution < 1.29 is 4.39 Å². The van der Waals surface area contributed by atoms with E-state index >= 15 is 0 Å². The molecule has 0 aliphatic carbocycles. The van der Waals surface area contributed by atoms with Crippen molar-refractivity contribution >= 4 is 34.2 Å². The summed E-state index contributed by atoms with van der Waals surface area (Å²) in [5, 5.41) is 0.195. The molecule has 0 spiro atoms. The van der Waals surface area contributed by atoms with Crippen LogP contribution in [0.4, 0.5) is 4.39 Å². The number of pyridine rings is 1. The average molecular weight is 256 g/mol. The predicted octanol–water partition coefficient (Wildman–Crippen LogP) is 2.28. The molecule has 0 amide bonds. The van der Waals surface area contributed by atoms with Crippen molar-refractivity contribution in [1.82, 2.24) is 4.98 Å². The van der Waals surface area contributed by atoms with E-state index in [1.54, 1.807) is 22.6 Å². The molecule has 0 atom stereocenters. The molecule has 0 saturated heterocycles. The summed E-state index contributed by atoms with van der Waals surface area (Å²) in [5.41, 5.74) is 0. The van der Waals surface area contributed by atoms with E-state index in [4.69, 9.17) is 11.6 Å². The van der Waals surface area contributed by atoms with Gasteiger partial charge < -0.3 is 0 Å². The summed E-state index contributed by atoms with van der Waals surface area (Å²) < 4.78 is 12.6. The van der Waals surface area contributed by atoms with Gasteiger partial charge in [-0.15, -0.1) is 0 Å². The molecule has 9 heavy (non-hydrogen) atoms. The molecule has 0 aromatic carbocycles. The molecule has 1 rings (SSSR count). The lowest BCUT2D eigenvalue weighted by Gasteiger charge is -1.90. The van der Waals surface area contributed by atoms with Gasteiger partial charge in [0.15, 0.2) is 5.82 Å². The van der Waals surface area contributed by atoms with Crippen LogP contribution in [0.15, 0.2) is 6.07 Å². The summed E-state index contributed by atoms with van der Waals surface area (Å²) in [4.78, 5) is 3.59. The highest BCUT2D eigenvalue weighted by molar-refractivity contribution is 14.1. The van der Waals surface area contributed by atoms with Crippen LogP contribution in [0.5, 0.6) is 0 Å². The molecule has 0 unspecified atom stereocenters. The summed E-state index contributed by atoms with van der Waals surface area (Å²) in [7, 11) is 0. The SMILES string of the molecule is Fc1c[c]c(Cl)nc1I. The fraction of sp³-hybridized carbons (Fsp3) is 0. The van der Waals surface area contributed by atoms with E-state index in [1.165, 1.54) is 0 Å². The monoisotopic (exact) mass is 256 g/mol. The Hall–Kier alpha value is 0.1000. The Kier molecular flexibility index (Phi) is 2.23. The van der Waals surface area contributed by atoms with Gasteiger partial charge in [0.2, 0.25) is 0 Å². The van der Waals surface area contributed by atoms with Gasteiger partial charge in [-0.05, 0) is 28.7 Å². The first-order valence-corrected chi connectivity index (χ1v) is 3.55. The second kappa shape index (κ2) is 2.79. The van der Waals surface area contributed by atoms with Gasteiger partial charge in [-0.1, -0.05) is 11.6 Å². The molecule has 4 heteroatoms. The third-order valence-corrected chi connectivity index (χ3v) is 1.66. The molecule has 1 radical (unpaired) electrons. The lowest BCUT2D eigenvalue weighted by atomic mass is 10.5. The molecule has 47 valence electrons. The third-order valence-electron chi connectivity index (χ3n) is 0.711. The Balaban J connectivity index is 3.17. The first-order valence-electron chi connectivity index (χ1n) is 2.09. The number of halogens is 3. The minimum atomic E-state index is -0.389. The molecule has 0 aliphatic heterocycles. The van der Waals surface area contributed by atoms with Crippen molar-refractivity contribution in [3.63, 3.8) is 0 Å². The van der Waals surface area contributed by atoms with Crippen molar-refractivity contribution in [2.45, 2.75) is 0 Å². The largest absolute Gasteiger partial charge is 0.226 e. The van der Waals surface area contributed by atoms with Crippen LogP contribution in [0, 0.1) is 15.6 Å². The molecular formula is C5HClFIN. The molecule has 0 fully saturated rings. The van der Waals surface area contributed by atoms with Gasteiger partial charge in [0.25, 0.3) is 0 Å². The highest BCUT2D eigenvalue weighted by Crippen LogP contribution is 2.10. The number of rotatable bonds is 0. The van der Waals surface area contributed by atoms with Crippen molar-refractivity contribution in [3.8, 4) is 0 Å². The van der Waals surface area contributed by atoms with E-state index in [0.29, 0.717) is 0 Å². The fourth-order valence-corrected chi connectivity index (χ4v) is 1.03. The summed E-state index contributed by atoms with van der Waals surface area (Å²) in [6.45, 7) is 0. The molecule has 0 saturated carbocycles. The third kappa shape index (κ3) is 1.76. The average Bonchev–Trinajstić information content (AvgIpc) is 1.80. The van der Waals surface area contributed by atoms with Gasteiger partial charge >= 0.3 is 0 Å². The molecule has 1 nitrogen and oxygen atoms in total. The molecule has 1 aromatic rings. The normalized spacial score (nSPS) is 9.67. The lowest BCUT2D eigenvalue weighted by Crippen LogP contribution is -1.85. The number of hydrogen-bond acceptors (Lipinski definition) is 1. The fourth-order valence-electron chi connectivity index (χ4n) is 0.354. The van der Waals surface area contributed by atoms with E-state index < -0.39 is 0 Å². The Morgan fingerprint density at radius 1 is 1.78 bits per heavy atom. The Morgan fingerprint density at radius 2 is 2.44 bits per heavy atom. The van der Waals surface area contributed by atoms with E-state index in [2.05, 4.69) is 11.1 Å². The standard InChI is InChI=1S/C5HClFIN/c6-4-2-1-3(7)5(8)9-4/h1H. The van der Waals surface area contributed by atoms with Crippen LogP contribution >= 0.6 is 34.2 Å². The molecule has 0 aliphatic rings. The zero-order valence-corrected chi connectivity index (χ0v) is 7.07. The Bertz CT molecular complexity index is 228. The van der Waals surface area contributed by atoms with E-state index in [1.807, 2.05) is 0 Å². The van der Waals surface area contributed by atoms with Gasteiger partial charge in [0, 0.05) is 6.07 Å². The zero-order chi connectivity index (χ0) is 6.85. The van der Waals surface area contributed by atoms with Crippen LogP contribution in [0.25, 0.3) is 0 Å². The summed E-state index contributed by atoms with van der Waals surface area (Å²) >= 11 is 7.14. The molecule has 1 aromatic heterocycles. The number of hydrogen-bond donors (Lipinski definition) is 0. The maximum Gasteiger partial charge on any atom is 0.155 e. The van der Waals surface area contributed by atoms with Crippen LogP contribution in [0.3, 0.4) is 0 Å². The van der Waals surface area contributed by atoms with Gasteiger partial charge in [0.1, 0.15) is 8.85 Å². The quantitative estimate of drug-likeness (QED) is 0.513. The van der Waals surface area contributed by atoms with Gasteiger partial charge in [-0.25, -0.2) is 9.37 Å². The van der Waals surface area contributed by atoms with Crippen molar-refractivity contribution in [2.75, 3.05) is 0 Å². The summed E-state index contributed by atoms with van der Waals surface area (Å²) in [6.07, 6.45) is 0. The van der Waals surface area contributed by atoms with Crippen LogP contribution in [-0.4, -0.2) is 4.98 Å². The molecular weight excluding hydrogens is 255 g/mol. The second-order valence-corrected chi connectivity index (χ2v) is 2.71. The Morgan fingerprint density at radius 3 is 2.89 bits per heavy atom. The number of nitrogens with zero attached hydrogens (tertiary/aromatic N) is 1. The Labute approximate surface area is 70.4 Å². The molecule has 1 heterocycles. The predicted molar refractivity (Wildman–Crippen MR) is 40.8 cm³/mol. The van der Waals surface area contributed by atoms with E-state index in [9.17, 15) is 4.39 Å². The zero-order valence-electron chi connectivity index (χ0n) is 4.16. The molecule has 0 N–H and O–H groups in total. The van der Waals surface area contributed by atoms with E-state index in [-0.39, 0.29) is 14.7 Å². The van der Waals surface area contributed by atoms with Gasteiger partial charge in [-0.2, -0.15) is 0 Å². The summed E-state index contributed by atoms with van der Waals surface area (Å²) in [5.74, 6) is -0.389. The molecule has 0 bridgehead atoms. The van der Waals surface area contributed by atoms with Crippen molar-refractivity contribution in [1.29, 1.82) is 0 Å². The minimum absolute atomic E-state index is 0.195. The van der Waals surface area contributed by atoms with Crippen LogP contribution in [-0.2, 0) is 0 Å². The number of aromatic nitrogens is 1. The second-order valence-electron chi connectivity index (χ2n) is 1.33. The topological polar surface area (TPSA) is 12.9 Å². The minimum Gasteiger partial charge on any atom is -0.226 e. The van der Waals surface area contributed by atoms with Crippen molar-refractivity contribution in [2.24, 2.45) is 0 Å². The highest BCUT2D eigenvalue weighted by Gasteiger charge is 1.98. The summed E-state index contributed by atoms with van der Waals surface area (Å²) in [6, 6.07) is 3.58. The van der Waals surface area contributed by atoms with Crippen LogP contribution in [0.1, 0.15) is 0 Å². The maximum atomic E-state index is 12.3. The van der Waals surface area contributed by atoms with Crippen LogP contribution in [0.2, 0.25) is 5.15 Å². The van der Waals surface area contributed by atoms with Crippen molar-refractivity contribution in [3.05, 3.63) is 26.8 Å². The first-order chi connectivity index (χ1) is 4.20. The smallest absolute Gasteiger partial charge is 0.155 e. The van der Waals surface area contributed by atoms with Gasteiger partial charge in [0.05, 0.1) is 0 Å². The maximum absolute atomic E-state index is 12.3. The highest BCUT2D eigenvalue weighted by atomic mass is 127. The van der Waals surface area contributed by atoms with Gasteiger partial charge in [-0.3, -0.25) is 0 Å².